The lowest BCUT2D eigenvalue weighted by Gasteiger charge is -2.12. The van der Waals surface area contributed by atoms with Gasteiger partial charge in [0.05, 0.1) is 17.8 Å². The fourth-order valence-electron chi connectivity index (χ4n) is 3.93. The SMILES string of the molecule is CCC(=Nc1c(Nc2cccc(C(=O)NC)c2O)c(O)n(Cc2ccccc2)c1O)c1ccccc1. The molecule has 4 rings (SSSR count). The third-order valence-corrected chi connectivity index (χ3v) is 5.82. The first-order valence-electron chi connectivity index (χ1n) is 11.6. The molecule has 4 aromatic rings. The van der Waals surface area contributed by atoms with Crippen LogP contribution in [0.5, 0.6) is 17.5 Å². The summed E-state index contributed by atoms with van der Waals surface area (Å²) in [5.41, 5.74) is 2.92. The molecule has 8 nitrogen and oxygen atoms in total. The molecule has 0 radical (unpaired) electrons. The number of amides is 1. The minimum absolute atomic E-state index is 0.0681. The summed E-state index contributed by atoms with van der Waals surface area (Å²) >= 11 is 0. The van der Waals surface area contributed by atoms with Crippen LogP contribution < -0.4 is 10.6 Å². The zero-order valence-electron chi connectivity index (χ0n) is 20.1. The Morgan fingerprint density at radius 3 is 2.19 bits per heavy atom. The molecule has 8 heteroatoms. The van der Waals surface area contributed by atoms with Crippen LogP contribution in [0.3, 0.4) is 0 Å². The van der Waals surface area contributed by atoms with Gasteiger partial charge in [0.2, 0.25) is 11.8 Å². The predicted octanol–water partition coefficient (Wildman–Crippen LogP) is 5.29. The maximum Gasteiger partial charge on any atom is 0.254 e. The molecule has 0 atom stereocenters. The summed E-state index contributed by atoms with van der Waals surface area (Å²) < 4.78 is 1.34. The van der Waals surface area contributed by atoms with Crippen molar-refractivity contribution in [1.29, 1.82) is 0 Å². The van der Waals surface area contributed by atoms with Crippen molar-refractivity contribution >= 4 is 28.7 Å². The van der Waals surface area contributed by atoms with Gasteiger partial charge in [-0.25, -0.2) is 4.99 Å². The van der Waals surface area contributed by atoms with E-state index in [9.17, 15) is 20.1 Å². The van der Waals surface area contributed by atoms with E-state index in [1.54, 1.807) is 12.1 Å². The molecule has 0 fully saturated rings. The number of carbonyl (C=O) groups is 1. The van der Waals surface area contributed by atoms with E-state index in [-0.39, 0.29) is 46.7 Å². The Labute approximate surface area is 209 Å². The van der Waals surface area contributed by atoms with Crippen LogP contribution in [0, 0.1) is 0 Å². The molecule has 0 saturated heterocycles. The van der Waals surface area contributed by atoms with E-state index >= 15 is 0 Å². The fourth-order valence-corrected chi connectivity index (χ4v) is 3.93. The first-order valence-corrected chi connectivity index (χ1v) is 11.6. The van der Waals surface area contributed by atoms with Gasteiger partial charge in [-0.2, -0.15) is 0 Å². The standard InChI is InChI=1S/C28H28N4O4/c1-3-21(19-13-8-5-9-14-19)30-23-24(31-22-16-10-15-20(25(22)33)26(34)29-2)28(36)32(27(23)35)17-18-11-6-4-7-12-18/h4-16,31,33,35-36H,3,17H2,1-2H3,(H,29,34). The van der Waals surface area contributed by atoms with Gasteiger partial charge in [-0.1, -0.05) is 73.7 Å². The molecule has 0 aliphatic carbocycles. The number of hydrogen-bond acceptors (Lipinski definition) is 6. The number of rotatable bonds is 8. The van der Waals surface area contributed by atoms with Crippen molar-refractivity contribution in [2.45, 2.75) is 19.9 Å². The van der Waals surface area contributed by atoms with Crippen LogP contribution in [0.1, 0.15) is 34.8 Å². The van der Waals surface area contributed by atoms with Crippen molar-refractivity contribution in [2.75, 3.05) is 12.4 Å². The number of hydrogen-bond donors (Lipinski definition) is 5. The van der Waals surface area contributed by atoms with Gasteiger partial charge in [0, 0.05) is 12.8 Å². The molecule has 3 aromatic carbocycles. The minimum Gasteiger partial charge on any atom is -0.505 e. The highest BCUT2D eigenvalue weighted by atomic mass is 16.3. The molecule has 5 N–H and O–H groups in total. The first-order chi connectivity index (χ1) is 17.4. The molecule has 0 aliphatic rings. The van der Waals surface area contributed by atoms with Crippen molar-refractivity contribution in [3.05, 3.63) is 95.6 Å². The van der Waals surface area contributed by atoms with E-state index in [0.29, 0.717) is 12.1 Å². The van der Waals surface area contributed by atoms with Gasteiger partial charge >= 0.3 is 0 Å². The maximum atomic E-state index is 12.2. The number of para-hydroxylation sites is 1. The summed E-state index contributed by atoms with van der Waals surface area (Å²) in [7, 11) is 1.47. The summed E-state index contributed by atoms with van der Waals surface area (Å²) in [4.78, 5) is 16.9. The Morgan fingerprint density at radius 2 is 1.56 bits per heavy atom. The number of anilines is 2. The molecule has 36 heavy (non-hydrogen) atoms. The lowest BCUT2D eigenvalue weighted by molar-refractivity contribution is 0.0960. The van der Waals surface area contributed by atoms with Crippen LogP contribution in [-0.2, 0) is 6.54 Å². The van der Waals surface area contributed by atoms with Gasteiger partial charge < -0.3 is 26.0 Å². The average Bonchev–Trinajstić information content (AvgIpc) is 3.12. The van der Waals surface area contributed by atoms with Crippen molar-refractivity contribution in [1.82, 2.24) is 9.88 Å². The second-order valence-corrected chi connectivity index (χ2v) is 8.13. The van der Waals surface area contributed by atoms with Crippen LogP contribution in [-0.4, -0.2) is 38.6 Å². The van der Waals surface area contributed by atoms with Gasteiger partial charge in [0.25, 0.3) is 5.91 Å². The summed E-state index contributed by atoms with van der Waals surface area (Å²) in [5.74, 6) is -1.24. The summed E-state index contributed by atoms with van der Waals surface area (Å²) in [6, 6.07) is 23.6. The number of carbonyl (C=O) groups excluding carboxylic acids is 1. The molecular formula is C28H28N4O4. The van der Waals surface area contributed by atoms with E-state index < -0.39 is 5.91 Å². The Bertz CT molecular complexity index is 1400. The predicted molar refractivity (Wildman–Crippen MR) is 141 cm³/mol. The second-order valence-electron chi connectivity index (χ2n) is 8.13. The zero-order chi connectivity index (χ0) is 25.7. The highest BCUT2D eigenvalue weighted by Gasteiger charge is 2.25. The molecule has 1 amide bonds. The molecule has 0 saturated carbocycles. The van der Waals surface area contributed by atoms with E-state index in [2.05, 4.69) is 10.6 Å². The number of phenolic OH excluding ortho intramolecular Hbond substituents is 1. The number of nitrogens with zero attached hydrogens (tertiary/aromatic N) is 2. The lowest BCUT2D eigenvalue weighted by Crippen LogP contribution is -2.18. The molecule has 1 heterocycles. The van der Waals surface area contributed by atoms with E-state index in [0.717, 1.165) is 11.1 Å². The fraction of sp³-hybridized carbons (Fsp3) is 0.143. The van der Waals surface area contributed by atoms with E-state index in [4.69, 9.17) is 4.99 Å². The van der Waals surface area contributed by atoms with Crippen LogP contribution in [0.25, 0.3) is 0 Å². The second kappa shape index (κ2) is 10.7. The number of aromatic hydroxyl groups is 3. The van der Waals surface area contributed by atoms with Crippen molar-refractivity contribution in [3.8, 4) is 17.5 Å². The Kier molecular flexibility index (Phi) is 7.25. The quantitative estimate of drug-likeness (QED) is 0.172. The number of aromatic nitrogens is 1. The Hall–Kier alpha value is -4.72. The molecule has 1 aromatic heterocycles. The largest absolute Gasteiger partial charge is 0.505 e. The molecule has 0 bridgehead atoms. The summed E-state index contributed by atoms with van der Waals surface area (Å²) in [5, 5.41) is 38.6. The van der Waals surface area contributed by atoms with E-state index in [1.165, 1.54) is 17.7 Å². The highest BCUT2D eigenvalue weighted by molar-refractivity contribution is 6.04. The van der Waals surface area contributed by atoms with Crippen molar-refractivity contribution in [3.63, 3.8) is 0 Å². The Morgan fingerprint density at radius 1 is 0.889 bits per heavy atom. The van der Waals surface area contributed by atoms with Crippen LogP contribution >= 0.6 is 0 Å². The van der Waals surface area contributed by atoms with E-state index in [1.807, 2.05) is 67.6 Å². The molecule has 0 aliphatic heterocycles. The molecule has 0 spiro atoms. The summed E-state index contributed by atoms with van der Waals surface area (Å²) in [6.45, 7) is 2.15. The van der Waals surface area contributed by atoms with Gasteiger partial charge in [0.1, 0.15) is 5.69 Å². The average molecular weight is 485 g/mol. The third-order valence-electron chi connectivity index (χ3n) is 5.82. The number of benzene rings is 3. The van der Waals surface area contributed by atoms with Gasteiger partial charge in [-0.3, -0.25) is 9.36 Å². The maximum absolute atomic E-state index is 12.2. The smallest absolute Gasteiger partial charge is 0.254 e. The van der Waals surface area contributed by atoms with Crippen molar-refractivity contribution < 1.29 is 20.1 Å². The van der Waals surface area contributed by atoms with Crippen LogP contribution in [0.4, 0.5) is 17.1 Å². The monoisotopic (exact) mass is 484 g/mol. The van der Waals surface area contributed by atoms with Crippen LogP contribution in [0.15, 0.2) is 83.9 Å². The van der Waals surface area contributed by atoms with Gasteiger partial charge in [-0.15, -0.1) is 0 Å². The number of nitrogens with one attached hydrogen (secondary N) is 2. The zero-order valence-corrected chi connectivity index (χ0v) is 20.1. The van der Waals surface area contributed by atoms with Gasteiger partial charge in [-0.05, 0) is 29.7 Å². The van der Waals surface area contributed by atoms with Crippen molar-refractivity contribution in [2.24, 2.45) is 4.99 Å². The highest BCUT2D eigenvalue weighted by Crippen LogP contribution is 2.48. The number of phenols is 1. The molecule has 184 valence electrons. The number of aliphatic imine (C=N–C) groups is 1. The topological polar surface area (TPSA) is 119 Å². The Balaban J connectivity index is 1.86. The minimum atomic E-state index is -0.458. The first kappa shape index (κ1) is 24.4. The summed E-state index contributed by atoms with van der Waals surface area (Å²) in [6.07, 6.45) is 0.574. The molecular weight excluding hydrogens is 456 g/mol. The normalized spacial score (nSPS) is 11.3. The van der Waals surface area contributed by atoms with Gasteiger partial charge in [0.15, 0.2) is 11.4 Å². The van der Waals surface area contributed by atoms with Crippen LogP contribution in [0.2, 0.25) is 0 Å². The third kappa shape index (κ3) is 4.88. The molecule has 0 unspecified atom stereocenters. The lowest BCUT2D eigenvalue weighted by atomic mass is 10.1.